The van der Waals surface area contributed by atoms with E-state index in [0.717, 1.165) is 15.6 Å². The van der Waals surface area contributed by atoms with Crippen molar-refractivity contribution < 1.29 is 14.3 Å². The summed E-state index contributed by atoms with van der Waals surface area (Å²) >= 11 is 3.43. The Hall–Kier alpha value is -1.81. The Morgan fingerprint density at radius 1 is 1.14 bits per heavy atom. The largest absolute Gasteiger partial charge is 0.496 e. The van der Waals surface area contributed by atoms with Crippen LogP contribution in [0.4, 0.5) is 0 Å². The first-order valence-electron chi connectivity index (χ1n) is 6.58. The topological polar surface area (TPSA) is 35.5 Å². The second-order valence-corrected chi connectivity index (χ2v) is 5.68. The number of ketones is 1. The van der Waals surface area contributed by atoms with E-state index >= 15 is 0 Å². The molecule has 0 unspecified atom stereocenters. The second-order valence-electron chi connectivity index (χ2n) is 4.83. The predicted molar refractivity (Wildman–Crippen MR) is 86.4 cm³/mol. The van der Waals surface area contributed by atoms with Gasteiger partial charge in [0.1, 0.15) is 11.5 Å². The molecule has 0 aliphatic heterocycles. The van der Waals surface area contributed by atoms with Gasteiger partial charge in [0, 0.05) is 4.47 Å². The van der Waals surface area contributed by atoms with Gasteiger partial charge in [-0.2, -0.15) is 0 Å². The molecule has 2 aromatic rings. The first-order chi connectivity index (χ1) is 10.0. The van der Waals surface area contributed by atoms with E-state index in [-0.39, 0.29) is 12.4 Å². The molecule has 2 aromatic carbocycles. The Labute approximate surface area is 133 Å². The third-order valence-corrected chi connectivity index (χ3v) is 4.05. The molecule has 0 aromatic heterocycles. The number of methoxy groups -OCH3 is 1. The Bertz CT molecular complexity index is 665. The number of halogens is 1. The summed E-state index contributed by atoms with van der Waals surface area (Å²) in [4.78, 5) is 12.2. The van der Waals surface area contributed by atoms with Gasteiger partial charge in [-0.3, -0.25) is 4.79 Å². The van der Waals surface area contributed by atoms with Crippen molar-refractivity contribution in [3.8, 4) is 11.5 Å². The second kappa shape index (κ2) is 6.76. The van der Waals surface area contributed by atoms with Gasteiger partial charge >= 0.3 is 0 Å². The van der Waals surface area contributed by atoms with Crippen LogP contribution < -0.4 is 9.47 Å². The van der Waals surface area contributed by atoms with Gasteiger partial charge in [0.15, 0.2) is 6.61 Å². The quantitative estimate of drug-likeness (QED) is 0.754. The molecule has 0 radical (unpaired) electrons. The number of hydrogen-bond acceptors (Lipinski definition) is 3. The molecule has 0 heterocycles. The van der Waals surface area contributed by atoms with Crippen LogP contribution in [0.25, 0.3) is 0 Å². The van der Waals surface area contributed by atoms with Crippen LogP contribution >= 0.6 is 15.9 Å². The fraction of sp³-hybridized carbons (Fsp3) is 0.235. The molecule has 0 aliphatic carbocycles. The van der Waals surface area contributed by atoms with Crippen molar-refractivity contribution in [1.29, 1.82) is 0 Å². The molecule has 0 saturated heterocycles. The van der Waals surface area contributed by atoms with E-state index in [2.05, 4.69) is 15.9 Å². The van der Waals surface area contributed by atoms with Crippen LogP contribution in [0.1, 0.15) is 21.5 Å². The van der Waals surface area contributed by atoms with E-state index in [4.69, 9.17) is 9.47 Å². The first-order valence-corrected chi connectivity index (χ1v) is 7.37. The number of hydrogen-bond donors (Lipinski definition) is 0. The lowest BCUT2D eigenvalue weighted by molar-refractivity contribution is 0.0918. The smallest absolute Gasteiger partial charge is 0.203 e. The highest BCUT2D eigenvalue weighted by molar-refractivity contribution is 9.10. The molecule has 3 nitrogen and oxygen atoms in total. The van der Waals surface area contributed by atoms with Gasteiger partial charge < -0.3 is 9.47 Å². The van der Waals surface area contributed by atoms with E-state index in [1.165, 1.54) is 0 Å². The summed E-state index contributed by atoms with van der Waals surface area (Å²) in [6.45, 7) is 3.92. The molecule has 0 spiro atoms. The summed E-state index contributed by atoms with van der Waals surface area (Å²) < 4.78 is 11.8. The molecule has 0 atom stereocenters. The van der Waals surface area contributed by atoms with Crippen LogP contribution in [0.3, 0.4) is 0 Å². The lowest BCUT2D eigenvalue weighted by Crippen LogP contribution is -2.13. The molecule has 0 fully saturated rings. The van der Waals surface area contributed by atoms with Gasteiger partial charge in [0.2, 0.25) is 5.78 Å². The minimum Gasteiger partial charge on any atom is -0.496 e. The average molecular weight is 349 g/mol. The molecule has 21 heavy (non-hydrogen) atoms. The van der Waals surface area contributed by atoms with Crippen LogP contribution in [0.5, 0.6) is 11.5 Å². The fourth-order valence-electron chi connectivity index (χ4n) is 1.96. The van der Waals surface area contributed by atoms with Crippen molar-refractivity contribution in [2.75, 3.05) is 13.7 Å². The fourth-order valence-corrected chi connectivity index (χ4v) is 2.21. The lowest BCUT2D eigenvalue weighted by atomic mass is 10.1. The van der Waals surface area contributed by atoms with Crippen molar-refractivity contribution in [3.05, 3.63) is 57.6 Å². The van der Waals surface area contributed by atoms with Gasteiger partial charge in [-0.05, 0) is 55.3 Å². The lowest BCUT2D eigenvalue weighted by Gasteiger charge is -2.10. The number of Topliss-reactive ketones (excluding diaryl/α,β-unsaturated/α-hetero) is 1. The zero-order valence-corrected chi connectivity index (χ0v) is 13.9. The van der Waals surface area contributed by atoms with Crippen LogP contribution in [0, 0.1) is 13.8 Å². The molecular formula is C17H17BrO3. The number of rotatable bonds is 5. The zero-order valence-electron chi connectivity index (χ0n) is 12.3. The Kier molecular flexibility index (Phi) is 5.02. The number of carbonyl (C=O) groups excluding carboxylic acids is 1. The molecule has 4 heteroatoms. The summed E-state index contributed by atoms with van der Waals surface area (Å²) in [5.74, 6) is 1.15. The number of ether oxygens (including phenoxy) is 2. The molecular weight excluding hydrogens is 332 g/mol. The molecule has 0 N–H and O–H groups in total. The number of aryl methyl sites for hydroxylation is 2. The monoisotopic (exact) mass is 348 g/mol. The SMILES string of the molecule is COc1cc(C)ccc1C(=O)COc1ccc(Br)c(C)c1. The Morgan fingerprint density at radius 2 is 1.90 bits per heavy atom. The highest BCUT2D eigenvalue weighted by Crippen LogP contribution is 2.23. The summed E-state index contributed by atoms with van der Waals surface area (Å²) in [6.07, 6.45) is 0. The van der Waals surface area contributed by atoms with Crippen molar-refractivity contribution >= 4 is 21.7 Å². The summed E-state index contributed by atoms with van der Waals surface area (Å²) in [7, 11) is 1.56. The first kappa shape index (κ1) is 15.6. The van der Waals surface area contributed by atoms with Crippen molar-refractivity contribution in [2.45, 2.75) is 13.8 Å². The summed E-state index contributed by atoms with van der Waals surface area (Å²) in [6, 6.07) is 11.1. The highest BCUT2D eigenvalue weighted by Gasteiger charge is 2.13. The predicted octanol–water partition coefficient (Wildman–Crippen LogP) is 4.34. The van der Waals surface area contributed by atoms with Crippen LogP contribution in [0.15, 0.2) is 40.9 Å². The number of carbonyl (C=O) groups is 1. The van der Waals surface area contributed by atoms with E-state index in [9.17, 15) is 4.79 Å². The molecule has 0 saturated carbocycles. The van der Waals surface area contributed by atoms with Crippen LogP contribution in [0.2, 0.25) is 0 Å². The molecule has 2 rings (SSSR count). The van der Waals surface area contributed by atoms with Gasteiger partial charge in [-0.15, -0.1) is 0 Å². The maximum absolute atomic E-state index is 12.2. The van der Waals surface area contributed by atoms with Crippen LogP contribution in [-0.4, -0.2) is 19.5 Å². The van der Waals surface area contributed by atoms with Crippen molar-refractivity contribution in [2.24, 2.45) is 0 Å². The van der Waals surface area contributed by atoms with Gasteiger partial charge in [-0.1, -0.05) is 22.0 Å². The van der Waals surface area contributed by atoms with Crippen molar-refractivity contribution in [1.82, 2.24) is 0 Å². The molecule has 110 valence electrons. The van der Waals surface area contributed by atoms with E-state index in [0.29, 0.717) is 17.1 Å². The zero-order chi connectivity index (χ0) is 15.4. The third-order valence-electron chi connectivity index (χ3n) is 3.16. The maximum Gasteiger partial charge on any atom is 0.203 e. The normalized spacial score (nSPS) is 10.3. The van der Waals surface area contributed by atoms with Gasteiger partial charge in [-0.25, -0.2) is 0 Å². The standard InChI is InChI=1S/C17H17BrO3/c1-11-4-6-14(17(8-11)20-3)16(19)10-21-13-5-7-15(18)12(2)9-13/h4-9H,10H2,1-3H3. The Morgan fingerprint density at radius 3 is 2.57 bits per heavy atom. The molecule has 0 amide bonds. The minimum absolute atomic E-state index is 0.0134. The molecule has 0 bridgehead atoms. The molecule has 0 aliphatic rings. The minimum atomic E-state index is -0.104. The third kappa shape index (κ3) is 3.85. The van der Waals surface area contributed by atoms with Gasteiger partial charge in [0.05, 0.1) is 12.7 Å². The van der Waals surface area contributed by atoms with Crippen LogP contribution in [-0.2, 0) is 0 Å². The van der Waals surface area contributed by atoms with E-state index < -0.39 is 0 Å². The summed E-state index contributed by atoms with van der Waals surface area (Å²) in [5, 5.41) is 0. The summed E-state index contributed by atoms with van der Waals surface area (Å²) in [5.41, 5.74) is 2.65. The number of benzene rings is 2. The van der Waals surface area contributed by atoms with Gasteiger partial charge in [0.25, 0.3) is 0 Å². The Balaban J connectivity index is 2.09. The van der Waals surface area contributed by atoms with Crippen molar-refractivity contribution in [3.63, 3.8) is 0 Å². The maximum atomic E-state index is 12.2. The van der Waals surface area contributed by atoms with E-state index in [1.54, 1.807) is 13.2 Å². The van der Waals surface area contributed by atoms with E-state index in [1.807, 2.05) is 44.2 Å². The highest BCUT2D eigenvalue weighted by atomic mass is 79.9. The average Bonchev–Trinajstić information content (AvgIpc) is 2.48.